The van der Waals surface area contributed by atoms with Gasteiger partial charge >= 0.3 is 0 Å². The first kappa shape index (κ1) is 13.6. The van der Waals surface area contributed by atoms with Crippen LogP contribution < -0.4 is 10.5 Å². The lowest BCUT2D eigenvalue weighted by atomic mass is 10.1. The fourth-order valence-electron chi connectivity index (χ4n) is 2.32. The van der Waals surface area contributed by atoms with Gasteiger partial charge in [0.15, 0.2) is 0 Å². The molecule has 2 N–H and O–H groups in total. The molecule has 0 spiro atoms. The molecule has 1 heterocycles. The van der Waals surface area contributed by atoms with Gasteiger partial charge in [-0.25, -0.2) is 0 Å². The van der Waals surface area contributed by atoms with Crippen LogP contribution in [0.5, 0.6) is 11.5 Å². The van der Waals surface area contributed by atoms with Crippen LogP contribution in [0.1, 0.15) is 16.7 Å². The third-order valence-corrected chi connectivity index (χ3v) is 3.72. The van der Waals surface area contributed by atoms with Gasteiger partial charge in [-0.15, -0.1) is 0 Å². The molecule has 2 aromatic carbocycles. The van der Waals surface area contributed by atoms with Gasteiger partial charge in [-0.1, -0.05) is 18.2 Å². The summed E-state index contributed by atoms with van der Waals surface area (Å²) in [7, 11) is 0. The third-order valence-electron chi connectivity index (χ3n) is 3.72. The molecule has 1 aromatic heterocycles. The first-order chi connectivity index (χ1) is 10.2. The first-order valence-corrected chi connectivity index (χ1v) is 7.01. The molecule has 3 nitrogen and oxygen atoms in total. The lowest BCUT2D eigenvalue weighted by Gasteiger charge is -2.13. The van der Waals surface area contributed by atoms with Gasteiger partial charge in [-0.2, -0.15) is 0 Å². The Bertz CT molecular complexity index is 796. The minimum Gasteiger partial charge on any atom is -0.456 e. The number of nitrogens with zero attached hydrogens (tertiary/aromatic N) is 1. The maximum absolute atomic E-state index is 6.13. The number of aromatic nitrogens is 1. The van der Waals surface area contributed by atoms with Crippen LogP contribution in [0.15, 0.2) is 48.7 Å². The molecule has 3 heteroatoms. The van der Waals surface area contributed by atoms with Crippen LogP contribution in [0.4, 0.5) is 0 Å². The van der Waals surface area contributed by atoms with Crippen molar-refractivity contribution >= 4 is 10.9 Å². The Kier molecular flexibility index (Phi) is 3.59. The monoisotopic (exact) mass is 278 g/mol. The summed E-state index contributed by atoms with van der Waals surface area (Å²) in [6.07, 6.45) is 1.79. The molecule has 0 saturated heterocycles. The fourth-order valence-corrected chi connectivity index (χ4v) is 2.32. The van der Waals surface area contributed by atoms with E-state index in [1.165, 1.54) is 11.1 Å². The van der Waals surface area contributed by atoms with E-state index in [1.807, 2.05) is 36.4 Å². The number of ether oxygens (including phenoxy) is 1. The van der Waals surface area contributed by atoms with Crippen molar-refractivity contribution < 1.29 is 4.74 Å². The second-order valence-electron chi connectivity index (χ2n) is 5.18. The van der Waals surface area contributed by atoms with Crippen molar-refractivity contribution in [3.63, 3.8) is 0 Å². The maximum Gasteiger partial charge on any atom is 0.142 e. The number of fused-ring (bicyclic) bond motifs is 1. The van der Waals surface area contributed by atoms with Crippen LogP contribution in [0, 0.1) is 13.8 Å². The van der Waals surface area contributed by atoms with Gasteiger partial charge in [-0.3, -0.25) is 4.98 Å². The van der Waals surface area contributed by atoms with Crippen LogP contribution in [0.2, 0.25) is 0 Å². The molecular formula is C18H18N2O. The molecule has 21 heavy (non-hydrogen) atoms. The topological polar surface area (TPSA) is 48.1 Å². The first-order valence-electron chi connectivity index (χ1n) is 7.01. The van der Waals surface area contributed by atoms with Crippen molar-refractivity contribution in [2.24, 2.45) is 5.73 Å². The van der Waals surface area contributed by atoms with E-state index in [4.69, 9.17) is 10.5 Å². The highest BCUT2D eigenvalue weighted by atomic mass is 16.5. The summed E-state index contributed by atoms with van der Waals surface area (Å²) in [5, 5.41) is 0.985. The number of para-hydroxylation sites is 1. The Balaban J connectivity index is 2.11. The van der Waals surface area contributed by atoms with Gasteiger partial charge in [0.2, 0.25) is 0 Å². The lowest BCUT2D eigenvalue weighted by molar-refractivity contribution is 0.481. The Morgan fingerprint density at radius 2 is 1.86 bits per heavy atom. The largest absolute Gasteiger partial charge is 0.456 e. The second kappa shape index (κ2) is 5.54. The molecule has 106 valence electrons. The van der Waals surface area contributed by atoms with Crippen LogP contribution in [0.25, 0.3) is 10.9 Å². The third kappa shape index (κ3) is 2.60. The average molecular weight is 278 g/mol. The molecule has 0 radical (unpaired) electrons. The molecule has 0 aliphatic heterocycles. The smallest absolute Gasteiger partial charge is 0.142 e. The maximum atomic E-state index is 6.13. The second-order valence-corrected chi connectivity index (χ2v) is 5.18. The van der Waals surface area contributed by atoms with E-state index in [2.05, 4.69) is 24.9 Å². The lowest BCUT2D eigenvalue weighted by Crippen LogP contribution is -2.01. The number of hydrogen-bond donors (Lipinski definition) is 1. The molecule has 0 unspecified atom stereocenters. The summed E-state index contributed by atoms with van der Waals surface area (Å²) in [6, 6.07) is 14.0. The number of hydrogen-bond acceptors (Lipinski definition) is 3. The van der Waals surface area contributed by atoms with E-state index < -0.39 is 0 Å². The van der Waals surface area contributed by atoms with Gasteiger partial charge < -0.3 is 10.5 Å². The van der Waals surface area contributed by atoms with Gasteiger partial charge in [0.1, 0.15) is 11.5 Å². The highest BCUT2D eigenvalue weighted by molar-refractivity contribution is 5.86. The van der Waals surface area contributed by atoms with Crippen LogP contribution in [-0.2, 0) is 6.54 Å². The van der Waals surface area contributed by atoms with Gasteiger partial charge in [0.05, 0.1) is 5.52 Å². The highest BCUT2D eigenvalue weighted by Gasteiger charge is 2.10. The minimum atomic E-state index is 0.401. The van der Waals surface area contributed by atoms with Crippen LogP contribution >= 0.6 is 0 Å². The van der Waals surface area contributed by atoms with E-state index in [1.54, 1.807) is 6.20 Å². The number of benzene rings is 2. The summed E-state index contributed by atoms with van der Waals surface area (Å²) >= 11 is 0. The van der Waals surface area contributed by atoms with E-state index in [-0.39, 0.29) is 0 Å². The van der Waals surface area contributed by atoms with Crippen molar-refractivity contribution in [2.45, 2.75) is 20.4 Å². The van der Waals surface area contributed by atoms with Crippen LogP contribution in [0.3, 0.4) is 0 Å². The Morgan fingerprint density at radius 3 is 2.62 bits per heavy atom. The average Bonchev–Trinajstić information content (AvgIpc) is 2.51. The van der Waals surface area contributed by atoms with Gasteiger partial charge in [0, 0.05) is 23.7 Å². The summed E-state index contributed by atoms with van der Waals surface area (Å²) in [4.78, 5) is 4.43. The van der Waals surface area contributed by atoms with Crippen molar-refractivity contribution in [1.82, 2.24) is 4.98 Å². The summed E-state index contributed by atoms with van der Waals surface area (Å²) in [6.45, 7) is 4.57. The minimum absolute atomic E-state index is 0.401. The SMILES string of the molecule is Cc1ccc(Oc2c(CN)cnc3ccccc23)cc1C. The summed E-state index contributed by atoms with van der Waals surface area (Å²) in [5.41, 5.74) is 10.1. The molecule has 0 fully saturated rings. The number of nitrogens with two attached hydrogens (primary N) is 1. The standard InChI is InChI=1S/C18H18N2O/c1-12-7-8-15(9-13(12)2)21-18-14(10-19)11-20-17-6-4-3-5-16(17)18/h3-9,11H,10,19H2,1-2H3. The predicted octanol–water partition coefficient (Wildman–Crippen LogP) is 4.10. The summed E-state index contributed by atoms with van der Waals surface area (Å²) < 4.78 is 6.13. The zero-order valence-electron chi connectivity index (χ0n) is 12.3. The molecule has 0 aliphatic carbocycles. The number of aryl methyl sites for hydroxylation is 2. The fraction of sp³-hybridized carbons (Fsp3) is 0.167. The quantitative estimate of drug-likeness (QED) is 0.784. The zero-order chi connectivity index (χ0) is 14.8. The Morgan fingerprint density at radius 1 is 1.05 bits per heavy atom. The van der Waals surface area contributed by atoms with Crippen molar-refractivity contribution in [1.29, 1.82) is 0 Å². The van der Waals surface area contributed by atoms with Crippen molar-refractivity contribution in [3.8, 4) is 11.5 Å². The molecule has 0 saturated carbocycles. The molecule has 0 bridgehead atoms. The molecule has 0 aliphatic rings. The molecular weight excluding hydrogens is 260 g/mol. The Labute approximate surface area is 124 Å². The van der Waals surface area contributed by atoms with E-state index in [0.29, 0.717) is 6.54 Å². The molecule has 0 atom stereocenters. The molecule has 3 rings (SSSR count). The van der Waals surface area contributed by atoms with E-state index >= 15 is 0 Å². The summed E-state index contributed by atoms with van der Waals surface area (Å²) in [5.74, 6) is 1.62. The van der Waals surface area contributed by atoms with Crippen LogP contribution in [-0.4, -0.2) is 4.98 Å². The predicted molar refractivity (Wildman–Crippen MR) is 85.6 cm³/mol. The molecule has 0 amide bonds. The van der Waals surface area contributed by atoms with Gasteiger partial charge in [0.25, 0.3) is 0 Å². The normalized spacial score (nSPS) is 10.8. The van der Waals surface area contributed by atoms with E-state index in [0.717, 1.165) is 28.0 Å². The van der Waals surface area contributed by atoms with E-state index in [9.17, 15) is 0 Å². The van der Waals surface area contributed by atoms with Gasteiger partial charge in [-0.05, 0) is 49.2 Å². The molecule has 3 aromatic rings. The van der Waals surface area contributed by atoms with Crippen molar-refractivity contribution in [2.75, 3.05) is 0 Å². The zero-order valence-corrected chi connectivity index (χ0v) is 12.3. The number of rotatable bonds is 3. The number of pyridine rings is 1. The Hall–Kier alpha value is -2.39. The van der Waals surface area contributed by atoms with Crippen molar-refractivity contribution in [3.05, 3.63) is 65.4 Å². The highest BCUT2D eigenvalue weighted by Crippen LogP contribution is 2.32.